The molecular weight excluding hydrogens is 239 g/mol. The fraction of sp³-hybridized carbons (Fsp3) is 0.0909. The van der Waals surface area contributed by atoms with Crippen molar-refractivity contribution in [3.8, 4) is 12.1 Å². The van der Waals surface area contributed by atoms with Crippen molar-refractivity contribution < 1.29 is 0 Å². The van der Waals surface area contributed by atoms with Crippen LogP contribution < -0.4 is 4.46 Å². The molecule has 0 fully saturated rings. The van der Waals surface area contributed by atoms with Gasteiger partial charge in [-0.3, -0.25) is 0 Å². The van der Waals surface area contributed by atoms with Crippen LogP contribution in [0, 0.1) is 28.6 Å². The molecule has 0 unspecified atom stereocenters. The molecule has 14 heavy (non-hydrogen) atoms. The fourth-order valence-electron chi connectivity index (χ4n) is 0.810. The predicted molar refractivity (Wildman–Crippen MR) is 55.7 cm³/mol. The Morgan fingerprint density at radius 1 is 1.14 bits per heavy atom. The Morgan fingerprint density at radius 2 is 1.79 bits per heavy atom. The Morgan fingerprint density at radius 3 is 2.36 bits per heavy atom. The van der Waals surface area contributed by atoms with Gasteiger partial charge in [0.25, 0.3) is 0 Å². The first-order valence-electron chi connectivity index (χ1n) is 4.04. The van der Waals surface area contributed by atoms with E-state index >= 15 is 0 Å². The van der Waals surface area contributed by atoms with Crippen LogP contribution in [0.2, 0.25) is 0 Å². The Hall–Kier alpha value is -1.54. The zero-order valence-corrected chi connectivity index (χ0v) is 9.13. The Kier molecular flexibility index (Phi) is 4.51. The van der Waals surface area contributed by atoms with E-state index in [4.69, 9.17) is 10.5 Å². The van der Waals surface area contributed by atoms with Crippen LogP contribution in [0.15, 0.2) is 41.4 Å². The van der Waals surface area contributed by atoms with Crippen molar-refractivity contribution in [1.82, 2.24) is 0 Å². The van der Waals surface area contributed by atoms with Crippen molar-refractivity contribution in [2.24, 2.45) is 5.92 Å². The molecule has 0 amide bonds. The van der Waals surface area contributed by atoms with Crippen molar-refractivity contribution in [1.29, 1.82) is 10.5 Å². The van der Waals surface area contributed by atoms with Gasteiger partial charge in [0.1, 0.15) is 0 Å². The molecule has 1 rings (SSSR count). The summed E-state index contributed by atoms with van der Waals surface area (Å²) < 4.78 is 1.24. The van der Waals surface area contributed by atoms with Crippen molar-refractivity contribution in [2.45, 2.75) is 0 Å². The molecule has 0 saturated heterocycles. The number of rotatable bonds is 3. The van der Waals surface area contributed by atoms with Gasteiger partial charge >= 0.3 is 89.4 Å². The van der Waals surface area contributed by atoms with E-state index in [1.165, 1.54) is 4.46 Å². The predicted octanol–water partition coefficient (Wildman–Crippen LogP) is 1.19. The standard InChI is InChI=1S/C11H8N2Se/c12-8-10(9-13)6-7-14-11-4-2-1-3-5-11/h1-7,10H/b7-6+. The molecule has 0 spiro atoms. The molecule has 0 aliphatic rings. The molecule has 68 valence electrons. The molecule has 0 N–H and O–H groups in total. The number of nitrogens with zero attached hydrogens (tertiary/aromatic N) is 2. The van der Waals surface area contributed by atoms with E-state index in [1.807, 2.05) is 47.4 Å². The van der Waals surface area contributed by atoms with Gasteiger partial charge in [-0.15, -0.1) is 0 Å². The molecule has 0 aromatic heterocycles. The molecule has 0 atom stereocenters. The molecule has 0 saturated carbocycles. The van der Waals surface area contributed by atoms with Gasteiger partial charge < -0.3 is 0 Å². The maximum absolute atomic E-state index is 8.51. The molecule has 2 nitrogen and oxygen atoms in total. The van der Waals surface area contributed by atoms with Crippen LogP contribution in [0.5, 0.6) is 0 Å². The van der Waals surface area contributed by atoms with Crippen molar-refractivity contribution >= 4 is 19.4 Å². The van der Waals surface area contributed by atoms with Crippen LogP contribution in [0.3, 0.4) is 0 Å². The second-order valence-corrected chi connectivity index (χ2v) is 4.55. The van der Waals surface area contributed by atoms with Crippen molar-refractivity contribution in [3.63, 3.8) is 0 Å². The Balaban J connectivity index is 2.50. The van der Waals surface area contributed by atoms with Gasteiger partial charge in [-0.1, -0.05) is 0 Å². The summed E-state index contributed by atoms with van der Waals surface area (Å²) in [5, 5.41) is 17.0. The summed E-state index contributed by atoms with van der Waals surface area (Å²) in [7, 11) is 0. The van der Waals surface area contributed by atoms with Gasteiger partial charge in [0, 0.05) is 0 Å². The Bertz CT molecular complexity index is 370. The van der Waals surface area contributed by atoms with Crippen LogP contribution in [-0.4, -0.2) is 15.0 Å². The van der Waals surface area contributed by atoms with Crippen molar-refractivity contribution in [2.75, 3.05) is 0 Å². The Labute approximate surface area is 89.6 Å². The summed E-state index contributed by atoms with van der Waals surface area (Å²) in [6, 6.07) is 13.8. The average Bonchev–Trinajstić information content (AvgIpc) is 2.26. The second-order valence-electron chi connectivity index (χ2n) is 2.50. The van der Waals surface area contributed by atoms with E-state index in [2.05, 4.69) is 0 Å². The van der Waals surface area contributed by atoms with Gasteiger partial charge in [0.15, 0.2) is 0 Å². The quantitative estimate of drug-likeness (QED) is 0.753. The molecular formula is C11H8N2Se. The fourth-order valence-corrected chi connectivity index (χ4v) is 2.29. The summed E-state index contributed by atoms with van der Waals surface area (Å²) in [6.45, 7) is 0. The summed E-state index contributed by atoms with van der Waals surface area (Å²) in [4.78, 5) is 1.92. The van der Waals surface area contributed by atoms with E-state index in [1.54, 1.807) is 6.08 Å². The molecule has 0 aliphatic carbocycles. The number of hydrogen-bond acceptors (Lipinski definition) is 2. The first kappa shape index (κ1) is 10.5. The first-order chi connectivity index (χ1) is 6.86. The molecule has 0 radical (unpaired) electrons. The van der Waals surface area contributed by atoms with Gasteiger partial charge in [-0.25, -0.2) is 0 Å². The van der Waals surface area contributed by atoms with E-state index in [9.17, 15) is 0 Å². The first-order valence-corrected chi connectivity index (χ1v) is 5.89. The van der Waals surface area contributed by atoms with Gasteiger partial charge in [-0.05, 0) is 0 Å². The third-order valence-corrected chi connectivity index (χ3v) is 3.25. The van der Waals surface area contributed by atoms with Crippen molar-refractivity contribution in [3.05, 3.63) is 41.4 Å². The number of nitriles is 2. The second kappa shape index (κ2) is 6.00. The molecule has 0 aliphatic heterocycles. The molecule has 3 heteroatoms. The minimum absolute atomic E-state index is 0.215. The molecule has 0 bridgehead atoms. The number of allylic oxidation sites excluding steroid dienone is 1. The normalized spacial score (nSPS) is 9.93. The summed E-state index contributed by atoms with van der Waals surface area (Å²) in [5.74, 6) is -0.611. The van der Waals surface area contributed by atoms with E-state index in [0.29, 0.717) is 0 Å². The number of hydrogen-bond donors (Lipinski definition) is 0. The van der Waals surface area contributed by atoms with Crippen LogP contribution in [0.4, 0.5) is 0 Å². The molecule has 1 aromatic rings. The van der Waals surface area contributed by atoms with Gasteiger partial charge in [0.2, 0.25) is 0 Å². The zero-order valence-electron chi connectivity index (χ0n) is 7.42. The monoisotopic (exact) mass is 248 g/mol. The maximum atomic E-state index is 8.51. The summed E-state index contributed by atoms with van der Waals surface area (Å²) in [6.07, 6.45) is 1.66. The summed E-state index contributed by atoms with van der Waals surface area (Å²) >= 11 is 0.215. The zero-order chi connectivity index (χ0) is 10.2. The van der Waals surface area contributed by atoms with E-state index < -0.39 is 5.92 Å². The van der Waals surface area contributed by atoms with Crippen LogP contribution in [-0.2, 0) is 0 Å². The molecule has 1 aromatic carbocycles. The van der Waals surface area contributed by atoms with Gasteiger partial charge in [-0.2, -0.15) is 0 Å². The third-order valence-electron chi connectivity index (χ3n) is 1.50. The van der Waals surface area contributed by atoms with Crippen LogP contribution in [0.1, 0.15) is 0 Å². The van der Waals surface area contributed by atoms with E-state index in [-0.39, 0.29) is 15.0 Å². The van der Waals surface area contributed by atoms with E-state index in [0.717, 1.165) is 0 Å². The minimum atomic E-state index is -0.611. The van der Waals surface area contributed by atoms with Crippen LogP contribution >= 0.6 is 0 Å². The topological polar surface area (TPSA) is 47.6 Å². The average molecular weight is 247 g/mol. The number of benzene rings is 1. The SMILES string of the molecule is N#CC(C#N)/C=C/[Se]c1ccccc1. The van der Waals surface area contributed by atoms with Gasteiger partial charge in [0.05, 0.1) is 0 Å². The molecule has 0 heterocycles. The summed E-state index contributed by atoms with van der Waals surface area (Å²) in [5.41, 5.74) is 0. The van der Waals surface area contributed by atoms with Crippen LogP contribution in [0.25, 0.3) is 0 Å². The third kappa shape index (κ3) is 3.45.